The molecule has 1 unspecified atom stereocenters. The molecule has 0 aromatic heterocycles. The average molecular weight is 384 g/mol. The van der Waals surface area contributed by atoms with E-state index in [1.54, 1.807) is 0 Å². The molecule has 1 atom stereocenters. The quantitative estimate of drug-likeness (QED) is 0.422. The predicted molar refractivity (Wildman–Crippen MR) is 65.3 cm³/mol. The fraction of sp³-hybridized carbons (Fsp3) is 0.818. The molecule has 0 aromatic carbocycles. The van der Waals surface area contributed by atoms with Gasteiger partial charge in [-0.3, -0.25) is 9.35 Å². The van der Waals surface area contributed by atoms with Crippen molar-refractivity contribution < 1.29 is 54.0 Å². The maximum Gasteiger partial charge on any atom is 0.432 e. The lowest BCUT2D eigenvalue weighted by atomic mass is 10.1. The Morgan fingerprint density at radius 3 is 2.04 bits per heavy atom. The maximum absolute atomic E-state index is 13.2. The number of hydrogen-bond acceptors (Lipinski definition) is 6. The van der Waals surface area contributed by atoms with Gasteiger partial charge in [0, 0.05) is 0 Å². The number of carbonyl (C=O) groups is 2. The van der Waals surface area contributed by atoms with Crippen LogP contribution < -0.4 is 0 Å². The molecule has 24 heavy (non-hydrogen) atoms. The van der Waals surface area contributed by atoms with E-state index >= 15 is 0 Å². The van der Waals surface area contributed by atoms with E-state index in [4.69, 9.17) is 4.55 Å². The summed E-state index contributed by atoms with van der Waals surface area (Å²) >= 11 is 0. The molecule has 0 saturated heterocycles. The third-order valence-corrected chi connectivity index (χ3v) is 4.12. The molecule has 1 aliphatic rings. The first-order valence-corrected chi connectivity index (χ1v) is 7.98. The van der Waals surface area contributed by atoms with Crippen LogP contribution in [0.1, 0.15) is 25.7 Å². The van der Waals surface area contributed by atoms with E-state index in [0.29, 0.717) is 12.8 Å². The molecular weight excluding hydrogens is 371 g/mol. The molecule has 0 amide bonds. The van der Waals surface area contributed by atoms with E-state index in [1.165, 1.54) is 0 Å². The molecule has 1 aliphatic carbocycles. The first kappa shape index (κ1) is 20.5. The van der Waals surface area contributed by atoms with Gasteiger partial charge in [0.15, 0.2) is 6.61 Å². The van der Waals surface area contributed by atoms with Gasteiger partial charge >= 0.3 is 33.5 Å². The summed E-state index contributed by atoms with van der Waals surface area (Å²) in [5, 5.41) is -5.82. The SMILES string of the molecule is O=C(COC(=O)C1CCCC1)OC(C(F)(F)F)C(F)(F)S(=O)(=O)O. The number of halogens is 5. The van der Waals surface area contributed by atoms with Crippen LogP contribution in [0.15, 0.2) is 0 Å². The van der Waals surface area contributed by atoms with E-state index < -0.39 is 52.1 Å². The predicted octanol–water partition coefficient (Wildman–Crippen LogP) is 1.67. The van der Waals surface area contributed by atoms with Gasteiger partial charge in [-0.15, -0.1) is 0 Å². The van der Waals surface area contributed by atoms with Gasteiger partial charge in [-0.25, -0.2) is 4.79 Å². The minimum atomic E-state index is -6.51. The third-order valence-electron chi connectivity index (χ3n) is 3.22. The Kier molecular flexibility index (Phi) is 6.14. The van der Waals surface area contributed by atoms with E-state index in [0.717, 1.165) is 12.8 Å². The molecule has 0 bridgehead atoms. The van der Waals surface area contributed by atoms with Crippen LogP contribution in [0.4, 0.5) is 22.0 Å². The fourth-order valence-corrected chi connectivity index (χ4v) is 2.49. The Hall–Kier alpha value is -1.50. The van der Waals surface area contributed by atoms with Crippen molar-refractivity contribution in [2.45, 2.75) is 43.2 Å². The first-order valence-electron chi connectivity index (χ1n) is 6.54. The summed E-state index contributed by atoms with van der Waals surface area (Å²) in [6, 6.07) is 0. The summed E-state index contributed by atoms with van der Waals surface area (Å²) in [4.78, 5) is 22.6. The van der Waals surface area contributed by atoms with Crippen LogP contribution in [0.2, 0.25) is 0 Å². The molecule has 7 nitrogen and oxygen atoms in total. The van der Waals surface area contributed by atoms with Gasteiger partial charge in [0.25, 0.3) is 6.10 Å². The number of rotatable bonds is 6. The number of alkyl halides is 5. The summed E-state index contributed by atoms with van der Waals surface area (Å²) in [5.74, 6) is -3.47. The zero-order valence-corrected chi connectivity index (χ0v) is 12.7. The monoisotopic (exact) mass is 384 g/mol. The minimum absolute atomic E-state index is 0.458. The normalized spacial score (nSPS) is 18.2. The van der Waals surface area contributed by atoms with Crippen LogP contribution in [0.3, 0.4) is 0 Å². The van der Waals surface area contributed by atoms with Gasteiger partial charge in [0.1, 0.15) is 0 Å². The summed E-state index contributed by atoms with van der Waals surface area (Å²) in [6.45, 7) is -1.40. The van der Waals surface area contributed by atoms with Gasteiger partial charge in [-0.05, 0) is 12.8 Å². The molecule has 0 aliphatic heterocycles. The van der Waals surface area contributed by atoms with Crippen LogP contribution in [-0.2, 0) is 29.2 Å². The summed E-state index contributed by atoms with van der Waals surface area (Å²) < 4.78 is 101. The second-order valence-electron chi connectivity index (χ2n) is 5.04. The molecule has 0 heterocycles. The lowest BCUT2D eigenvalue weighted by Crippen LogP contribution is -2.52. The van der Waals surface area contributed by atoms with Crippen molar-refractivity contribution in [2.24, 2.45) is 5.92 Å². The lowest BCUT2D eigenvalue weighted by molar-refractivity contribution is -0.260. The van der Waals surface area contributed by atoms with E-state index in [2.05, 4.69) is 9.47 Å². The molecule has 0 aromatic rings. The van der Waals surface area contributed by atoms with Gasteiger partial charge in [-0.1, -0.05) is 12.8 Å². The van der Waals surface area contributed by atoms with Crippen LogP contribution in [0.5, 0.6) is 0 Å². The second kappa shape index (κ2) is 7.17. The molecule has 0 spiro atoms. The summed E-state index contributed by atoms with van der Waals surface area (Å²) in [6.07, 6.45) is -8.08. The van der Waals surface area contributed by atoms with Crippen molar-refractivity contribution in [1.82, 2.24) is 0 Å². The molecule has 1 rings (SSSR count). The molecule has 0 radical (unpaired) electrons. The second-order valence-corrected chi connectivity index (χ2v) is 6.53. The van der Waals surface area contributed by atoms with Crippen molar-refractivity contribution in [3.8, 4) is 0 Å². The van der Waals surface area contributed by atoms with Gasteiger partial charge in [0.05, 0.1) is 5.92 Å². The highest BCUT2D eigenvalue weighted by molar-refractivity contribution is 7.86. The summed E-state index contributed by atoms with van der Waals surface area (Å²) in [5.41, 5.74) is 0. The number of ether oxygens (including phenoxy) is 2. The molecule has 1 fully saturated rings. The number of carbonyl (C=O) groups excluding carboxylic acids is 2. The topological polar surface area (TPSA) is 107 Å². The summed E-state index contributed by atoms with van der Waals surface area (Å²) in [7, 11) is -6.51. The van der Waals surface area contributed by atoms with E-state index in [-0.39, 0.29) is 0 Å². The van der Waals surface area contributed by atoms with Gasteiger partial charge < -0.3 is 9.47 Å². The van der Waals surface area contributed by atoms with Crippen LogP contribution in [0, 0.1) is 5.92 Å². The highest BCUT2D eigenvalue weighted by Gasteiger charge is 2.66. The van der Waals surface area contributed by atoms with Crippen molar-refractivity contribution in [2.75, 3.05) is 6.61 Å². The Morgan fingerprint density at radius 2 is 1.62 bits per heavy atom. The van der Waals surface area contributed by atoms with Crippen LogP contribution in [-0.4, -0.2) is 49.1 Å². The maximum atomic E-state index is 13.2. The van der Waals surface area contributed by atoms with Crippen LogP contribution in [0.25, 0.3) is 0 Å². The van der Waals surface area contributed by atoms with Crippen LogP contribution >= 0.6 is 0 Å². The third kappa shape index (κ3) is 5.00. The molecule has 1 saturated carbocycles. The zero-order chi connectivity index (χ0) is 18.8. The molecule has 1 N–H and O–H groups in total. The van der Waals surface area contributed by atoms with Crippen molar-refractivity contribution in [1.29, 1.82) is 0 Å². The van der Waals surface area contributed by atoms with E-state index in [1.807, 2.05) is 0 Å². The highest BCUT2D eigenvalue weighted by atomic mass is 32.2. The smallest absolute Gasteiger partial charge is 0.432 e. The lowest BCUT2D eigenvalue weighted by Gasteiger charge is -2.26. The highest BCUT2D eigenvalue weighted by Crippen LogP contribution is 2.38. The Labute approximate surface area is 132 Å². The van der Waals surface area contributed by atoms with Crippen molar-refractivity contribution in [3.63, 3.8) is 0 Å². The molecular formula is C11H13F5O7S. The first-order chi connectivity index (χ1) is 10.8. The minimum Gasteiger partial charge on any atom is -0.453 e. The Balaban J connectivity index is 2.73. The fourth-order valence-electron chi connectivity index (χ4n) is 2.04. The Morgan fingerprint density at radius 1 is 1.12 bits per heavy atom. The average Bonchev–Trinajstić information content (AvgIpc) is 2.93. The standard InChI is InChI=1S/C11H13F5O7S/c12-10(13,14)9(11(15,16)24(19,20)21)23-7(17)5-22-8(18)6-3-1-2-4-6/h6,9H,1-5H2,(H,19,20,21). The Bertz CT molecular complexity index is 580. The van der Waals surface area contributed by atoms with Gasteiger partial charge in [0.2, 0.25) is 0 Å². The van der Waals surface area contributed by atoms with Crippen molar-refractivity contribution >= 4 is 22.1 Å². The van der Waals surface area contributed by atoms with Crippen molar-refractivity contribution in [3.05, 3.63) is 0 Å². The number of esters is 2. The zero-order valence-electron chi connectivity index (χ0n) is 11.9. The molecule has 13 heteroatoms. The molecule has 140 valence electrons. The van der Waals surface area contributed by atoms with Gasteiger partial charge in [-0.2, -0.15) is 30.4 Å². The van der Waals surface area contributed by atoms with E-state index in [9.17, 15) is 40.0 Å². The largest absolute Gasteiger partial charge is 0.453 e. The number of hydrogen-bond donors (Lipinski definition) is 1.